The quantitative estimate of drug-likeness (QED) is 0.785. The number of nitrogens with one attached hydrogen (secondary N) is 2. The van der Waals surface area contributed by atoms with Crippen LogP contribution in [-0.2, 0) is 4.79 Å². The lowest BCUT2D eigenvalue weighted by Crippen LogP contribution is -2.43. The first kappa shape index (κ1) is 16.2. The molecule has 0 heterocycles. The van der Waals surface area contributed by atoms with Gasteiger partial charge < -0.3 is 20.3 Å². The van der Waals surface area contributed by atoms with Gasteiger partial charge >= 0.3 is 0 Å². The average Bonchev–Trinajstić information content (AvgIpc) is 2.45. The maximum atomic E-state index is 12.0. The molecule has 0 saturated carbocycles. The fourth-order valence-electron chi connectivity index (χ4n) is 1.64. The summed E-state index contributed by atoms with van der Waals surface area (Å²) in [5.74, 6) is 0.656. The Morgan fingerprint density at radius 2 is 1.95 bits per heavy atom. The van der Waals surface area contributed by atoms with Crippen LogP contribution in [0.1, 0.15) is 13.8 Å². The number of methoxy groups -OCH3 is 1. The fourth-order valence-corrected chi connectivity index (χ4v) is 1.98. The van der Waals surface area contributed by atoms with Crippen molar-refractivity contribution in [2.45, 2.75) is 13.8 Å². The molecule has 0 radical (unpaired) electrons. The summed E-state index contributed by atoms with van der Waals surface area (Å²) in [6.45, 7) is 5.59. The van der Waals surface area contributed by atoms with Gasteiger partial charge in [-0.05, 0) is 50.3 Å². The SMILES string of the molecule is CCNC(=S)N(CC)CC(=O)Nc1ccc(OC)cc1. The van der Waals surface area contributed by atoms with Gasteiger partial charge in [-0.2, -0.15) is 0 Å². The number of carbonyl (C=O) groups excluding carboxylic acids is 1. The zero-order valence-corrected chi connectivity index (χ0v) is 12.9. The normalized spacial score (nSPS) is 9.75. The number of anilines is 1. The number of hydrogen-bond acceptors (Lipinski definition) is 3. The van der Waals surface area contributed by atoms with Crippen LogP contribution in [0.3, 0.4) is 0 Å². The Morgan fingerprint density at radius 3 is 2.45 bits per heavy atom. The van der Waals surface area contributed by atoms with Gasteiger partial charge in [-0.25, -0.2) is 0 Å². The number of likely N-dealkylation sites (N-methyl/N-ethyl adjacent to an activating group) is 1. The van der Waals surface area contributed by atoms with E-state index in [2.05, 4.69) is 10.6 Å². The van der Waals surface area contributed by atoms with Crippen LogP contribution in [0.2, 0.25) is 0 Å². The highest BCUT2D eigenvalue weighted by atomic mass is 32.1. The van der Waals surface area contributed by atoms with Crippen LogP contribution in [0.5, 0.6) is 5.75 Å². The second-order valence-electron chi connectivity index (χ2n) is 4.13. The topological polar surface area (TPSA) is 53.6 Å². The maximum Gasteiger partial charge on any atom is 0.243 e. The van der Waals surface area contributed by atoms with Gasteiger partial charge in [-0.1, -0.05) is 0 Å². The molecule has 0 spiro atoms. The van der Waals surface area contributed by atoms with Gasteiger partial charge in [0.05, 0.1) is 13.7 Å². The van der Waals surface area contributed by atoms with E-state index in [0.29, 0.717) is 11.7 Å². The molecule has 6 heteroatoms. The van der Waals surface area contributed by atoms with E-state index in [9.17, 15) is 4.79 Å². The summed E-state index contributed by atoms with van der Waals surface area (Å²) in [6.07, 6.45) is 0. The summed E-state index contributed by atoms with van der Waals surface area (Å²) in [4.78, 5) is 13.8. The lowest BCUT2D eigenvalue weighted by Gasteiger charge is -2.23. The number of rotatable bonds is 6. The number of hydrogen-bond donors (Lipinski definition) is 2. The molecule has 1 aromatic rings. The number of benzene rings is 1. The molecule has 0 aliphatic rings. The van der Waals surface area contributed by atoms with Crippen LogP contribution < -0.4 is 15.4 Å². The summed E-state index contributed by atoms with van der Waals surface area (Å²) < 4.78 is 5.07. The molecule has 0 unspecified atom stereocenters. The first-order valence-corrected chi connectivity index (χ1v) is 6.98. The Hall–Kier alpha value is -1.82. The van der Waals surface area contributed by atoms with E-state index in [4.69, 9.17) is 17.0 Å². The van der Waals surface area contributed by atoms with Gasteiger partial charge in [0.15, 0.2) is 5.11 Å². The van der Waals surface area contributed by atoms with E-state index in [0.717, 1.165) is 18.0 Å². The monoisotopic (exact) mass is 295 g/mol. The van der Waals surface area contributed by atoms with E-state index in [1.165, 1.54) is 0 Å². The second-order valence-corrected chi connectivity index (χ2v) is 4.51. The summed E-state index contributed by atoms with van der Waals surface area (Å²) in [7, 11) is 1.61. The Bertz CT molecular complexity index is 448. The minimum atomic E-state index is -0.0998. The van der Waals surface area contributed by atoms with Crippen LogP contribution in [0.25, 0.3) is 0 Å². The Morgan fingerprint density at radius 1 is 1.30 bits per heavy atom. The van der Waals surface area contributed by atoms with E-state index >= 15 is 0 Å². The molecule has 2 N–H and O–H groups in total. The highest BCUT2D eigenvalue weighted by Gasteiger charge is 2.11. The fraction of sp³-hybridized carbons (Fsp3) is 0.429. The van der Waals surface area contributed by atoms with Crippen LogP contribution in [0, 0.1) is 0 Å². The summed E-state index contributed by atoms with van der Waals surface area (Å²) in [5.41, 5.74) is 0.737. The molecule has 0 atom stereocenters. The summed E-state index contributed by atoms with van der Waals surface area (Å²) >= 11 is 5.21. The molecule has 0 aliphatic carbocycles. The van der Waals surface area contributed by atoms with Gasteiger partial charge in [0, 0.05) is 18.8 Å². The Kier molecular flexibility index (Phi) is 6.79. The average molecular weight is 295 g/mol. The van der Waals surface area contributed by atoms with E-state index in [1.54, 1.807) is 31.4 Å². The summed E-state index contributed by atoms with van der Waals surface area (Å²) in [5, 5.41) is 6.47. The van der Waals surface area contributed by atoms with Crippen molar-refractivity contribution < 1.29 is 9.53 Å². The number of amides is 1. The lowest BCUT2D eigenvalue weighted by atomic mass is 10.3. The predicted molar refractivity (Wildman–Crippen MR) is 85.1 cm³/mol. The molecular weight excluding hydrogens is 274 g/mol. The van der Waals surface area contributed by atoms with Crippen molar-refractivity contribution in [2.24, 2.45) is 0 Å². The molecule has 1 aromatic carbocycles. The van der Waals surface area contributed by atoms with Crippen LogP contribution in [0.4, 0.5) is 5.69 Å². The van der Waals surface area contributed by atoms with Crippen molar-refractivity contribution in [2.75, 3.05) is 32.1 Å². The highest BCUT2D eigenvalue weighted by Crippen LogP contribution is 2.14. The molecule has 0 saturated heterocycles. The van der Waals surface area contributed by atoms with Gasteiger partial charge in [-0.3, -0.25) is 4.79 Å². The van der Waals surface area contributed by atoms with Crippen molar-refractivity contribution in [3.63, 3.8) is 0 Å². The smallest absolute Gasteiger partial charge is 0.243 e. The van der Waals surface area contributed by atoms with Crippen molar-refractivity contribution in [1.82, 2.24) is 10.2 Å². The van der Waals surface area contributed by atoms with Crippen LogP contribution in [0.15, 0.2) is 24.3 Å². The number of nitrogens with zero attached hydrogens (tertiary/aromatic N) is 1. The standard InChI is InChI=1S/C14H21N3O2S/c1-4-15-14(20)17(5-2)10-13(18)16-11-6-8-12(19-3)9-7-11/h6-9H,4-5,10H2,1-3H3,(H,15,20)(H,16,18). The highest BCUT2D eigenvalue weighted by molar-refractivity contribution is 7.80. The zero-order chi connectivity index (χ0) is 15.0. The van der Waals surface area contributed by atoms with Gasteiger partial charge in [0.2, 0.25) is 5.91 Å². The molecule has 1 amide bonds. The molecule has 20 heavy (non-hydrogen) atoms. The molecule has 0 bridgehead atoms. The first-order valence-electron chi connectivity index (χ1n) is 6.57. The third-order valence-corrected chi connectivity index (χ3v) is 3.11. The number of carbonyl (C=O) groups is 1. The van der Waals surface area contributed by atoms with Crippen molar-refractivity contribution >= 4 is 28.9 Å². The van der Waals surface area contributed by atoms with Gasteiger partial charge in [0.25, 0.3) is 0 Å². The summed E-state index contributed by atoms with van der Waals surface area (Å²) in [6, 6.07) is 7.21. The molecule has 0 aliphatic heterocycles. The number of ether oxygens (including phenoxy) is 1. The van der Waals surface area contributed by atoms with E-state index in [-0.39, 0.29) is 12.5 Å². The maximum absolute atomic E-state index is 12.0. The molecule has 1 rings (SSSR count). The minimum Gasteiger partial charge on any atom is -0.497 e. The Labute approximate surface area is 125 Å². The van der Waals surface area contributed by atoms with Crippen LogP contribution >= 0.6 is 12.2 Å². The van der Waals surface area contributed by atoms with E-state index in [1.807, 2.05) is 18.7 Å². The van der Waals surface area contributed by atoms with Crippen molar-refractivity contribution in [3.05, 3.63) is 24.3 Å². The Balaban J connectivity index is 2.54. The second kappa shape index (κ2) is 8.37. The molecule has 0 fully saturated rings. The van der Waals surface area contributed by atoms with E-state index < -0.39 is 0 Å². The van der Waals surface area contributed by atoms with Gasteiger partial charge in [-0.15, -0.1) is 0 Å². The van der Waals surface area contributed by atoms with Gasteiger partial charge in [0.1, 0.15) is 5.75 Å². The van der Waals surface area contributed by atoms with Crippen LogP contribution in [-0.4, -0.2) is 42.7 Å². The molecular formula is C14H21N3O2S. The third-order valence-electron chi connectivity index (χ3n) is 2.71. The third kappa shape index (κ3) is 5.05. The molecule has 110 valence electrons. The molecule has 5 nitrogen and oxygen atoms in total. The first-order chi connectivity index (χ1) is 9.60. The van der Waals surface area contributed by atoms with Crippen molar-refractivity contribution in [3.8, 4) is 5.75 Å². The largest absolute Gasteiger partial charge is 0.497 e. The zero-order valence-electron chi connectivity index (χ0n) is 12.1. The van der Waals surface area contributed by atoms with Crippen molar-refractivity contribution in [1.29, 1.82) is 0 Å². The minimum absolute atomic E-state index is 0.0998. The number of thiocarbonyl (C=S) groups is 1. The lowest BCUT2D eigenvalue weighted by molar-refractivity contribution is -0.116. The molecule has 0 aromatic heterocycles. The predicted octanol–water partition coefficient (Wildman–Crippen LogP) is 1.85.